The molecular formula is C21H33N3O. The lowest BCUT2D eigenvalue weighted by molar-refractivity contribution is -0.130. The van der Waals surface area contributed by atoms with Crippen LogP contribution in [0.25, 0.3) is 0 Å². The molecule has 0 radical (unpaired) electrons. The summed E-state index contributed by atoms with van der Waals surface area (Å²) in [6.07, 6.45) is 4.74. The lowest BCUT2D eigenvalue weighted by Crippen LogP contribution is -2.51. The minimum Gasteiger partial charge on any atom is -0.381 e. The third-order valence-electron chi connectivity index (χ3n) is 5.83. The van der Waals surface area contributed by atoms with E-state index in [2.05, 4.69) is 48.3 Å². The molecule has 0 aromatic heterocycles. The molecule has 4 nitrogen and oxygen atoms in total. The van der Waals surface area contributed by atoms with E-state index in [0.29, 0.717) is 18.0 Å². The van der Waals surface area contributed by atoms with Gasteiger partial charge in [0.05, 0.1) is 0 Å². The van der Waals surface area contributed by atoms with E-state index in [0.717, 1.165) is 32.5 Å². The van der Waals surface area contributed by atoms with Crippen molar-refractivity contribution in [1.29, 1.82) is 0 Å². The number of nitrogens with zero attached hydrogens (tertiary/aromatic N) is 2. The highest BCUT2D eigenvalue weighted by Gasteiger charge is 2.29. The monoisotopic (exact) mass is 343 g/mol. The molecule has 2 fully saturated rings. The van der Waals surface area contributed by atoms with Crippen molar-refractivity contribution < 1.29 is 4.79 Å². The van der Waals surface area contributed by atoms with Crippen molar-refractivity contribution >= 4 is 11.6 Å². The largest absolute Gasteiger partial charge is 0.381 e. The fourth-order valence-corrected chi connectivity index (χ4v) is 4.20. The zero-order chi connectivity index (χ0) is 17.8. The first-order valence-corrected chi connectivity index (χ1v) is 9.89. The van der Waals surface area contributed by atoms with E-state index >= 15 is 0 Å². The number of carbonyl (C=O) groups excluding carboxylic acids is 1. The third kappa shape index (κ3) is 4.75. The van der Waals surface area contributed by atoms with E-state index < -0.39 is 0 Å². The molecule has 0 saturated carbocycles. The molecular weight excluding hydrogens is 310 g/mol. The molecule has 2 aliphatic rings. The Morgan fingerprint density at radius 1 is 1.08 bits per heavy atom. The SMILES string of the molecule is CC(=O)N1CCC(N2CCCC(Nc3ccc(C(C)C)cc3)C2)CC1. The molecule has 25 heavy (non-hydrogen) atoms. The number of benzene rings is 1. The topological polar surface area (TPSA) is 35.6 Å². The Morgan fingerprint density at radius 2 is 1.76 bits per heavy atom. The van der Waals surface area contributed by atoms with Gasteiger partial charge in [0.2, 0.25) is 5.91 Å². The van der Waals surface area contributed by atoms with Gasteiger partial charge in [-0.05, 0) is 55.8 Å². The second-order valence-electron chi connectivity index (χ2n) is 7.99. The summed E-state index contributed by atoms with van der Waals surface area (Å²) in [5.41, 5.74) is 2.63. The van der Waals surface area contributed by atoms with Gasteiger partial charge in [-0.2, -0.15) is 0 Å². The first-order chi connectivity index (χ1) is 12.0. The Balaban J connectivity index is 1.52. The second kappa shape index (κ2) is 8.22. The van der Waals surface area contributed by atoms with E-state index in [4.69, 9.17) is 0 Å². The third-order valence-corrected chi connectivity index (χ3v) is 5.83. The number of amides is 1. The lowest BCUT2D eigenvalue weighted by atomic mass is 9.97. The number of rotatable bonds is 4. The van der Waals surface area contributed by atoms with Gasteiger partial charge >= 0.3 is 0 Å². The molecule has 1 aromatic carbocycles. The molecule has 2 aliphatic heterocycles. The summed E-state index contributed by atoms with van der Waals surface area (Å²) >= 11 is 0. The highest BCUT2D eigenvalue weighted by Crippen LogP contribution is 2.24. The lowest BCUT2D eigenvalue weighted by Gasteiger charge is -2.42. The maximum Gasteiger partial charge on any atom is 0.219 e. The summed E-state index contributed by atoms with van der Waals surface area (Å²) in [6.45, 7) is 10.3. The fraction of sp³-hybridized carbons (Fsp3) is 0.667. The molecule has 2 saturated heterocycles. The van der Waals surface area contributed by atoms with Crippen LogP contribution in [-0.2, 0) is 4.79 Å². The van der Waals surface area contributed by atoms with Gasteiger partial charge in [-0.25, -0.2) is 0 Å². The molecule has 3 rings (SSSR count). The van der Waals surface area contributed by atoms with Crippen LogP contribution >= 0.6 is 0 Å². The zero-order valence-electron chi connectivity index (χ0n) is 16.0. The number of carbonyl (C=O) groups is 1. The number of piperidine rings is 2. The molecule has 1 aromatic rings. The van der Waals surface area contributed by atoms with Crippen molar-refractivity contribution in [2.75, 3.05) is 31.5 Å². The van der Waals surface area contributed by atoms with E-state index in [-0.39, 0.29) is 5.91 Å². The van der Waals surface area contributed by atoms with Crippen LogP contribution in [0, 0.1) is 0 Å². The van der Waals surface area contributed by atoms with E-state index in [1.165, 1.54) is 30.6 Å². The quantitative estimate of drug-likeness (QED) is 0.905. The Bertz CT molecular complexity index is 561. The van der Waals surface area contributed by atoms with Gasteiger partial charge in [0.1, 0.15) is 0 Å². The minimum absolute atomic E-state index is 0.224. The van der Waals surface area contributed by atoms with Gasteiger partial charge in [-0.15, -0.1) is 0 Å². The van der Waals surface area contributed by atoms with Crippen molar-refractivity contribution in [1.82, 2.24) is 9.80 Å². The van der Waals surface area contributed by atoms with Crippen LogP contribution in [0.4, 0.5) is 5.69 Å². The molecule has 1 atom stereocenters. The highest BCUT2D eigenvalue weighted by molar-refractivity contribution is 5.73. The Hall–Kier alpha value is -1.55. The maximum atomic E-state index is 11.5. The van der Waals surface area contributed by atoms with Crippen LogP contribution < -0.4 is 5.32 Å². The Labute approximate surface area is 152 Å². The standard InChI is InChI=1S/C21H33N3O/c1-16(2)18-6-8-19(9-7-18)22-20-5-4-12-24(15-20)21-10-13-23(14-11-21)17(3)25/h6-9,16,20-22H,4-5,10-15H2,1-3H3. The summed E-state index contributed by atoms with van der Waals surface area (Å²) in [5, 5.41) is 3.74. The molecule has 1 N–H and O–H groups in total. The second-order valence-corrected chi connectivity index (χ2v) is 7.99. The molecule has 138 valence electrons. The number of likely N-dealkylation sites (tertiary alicyclic amines) is 2. The fourth-order valence-electron chi connectivity index (χ4n) is 4.20. The predicted octanol–water partition coefficient (Wildman–Crippen LogP) is 3.70. The zero-order valence-corrected chi connectivity index (χ0v) is 16.0. The van der Waals surface area contributed by atoms with Gasteiger partial charge in [-0.1, -0.05) is 26.0 Å². The normalized spacial score (nSPS) is 23.0. The van der Waals surface area contributed by atoms with Crippen molar-refractivity contribution in [2.45, 2.75) is 64.5 Å². The average molecular weight is 344 g/mol. The van der Waals surface area contributed by atoms with Gasteiger partial charge < -0.3 is 10.2 Å². The minimum atomic E-state index is 0.224. The summed E-state index contributed by atoms with van der Waals surface area (Å²) in [4.78, 5) is 16.2. The first kappa shape index (κ1) is 18.2. The molecule has 0 bridgehead atoms. The number of hydrogen-bond donors (Lipinski definition) is 1. The summed E-state index contributed by atoms with van der Waals surface area (Å²) in [6, 6.07) is 10.1. The summed E-state index contributed by atoms with van der Waals surface area (Å²) in [5.74, 6) is 0.807. The highest BCUT2D eigenvalue weighted by atomic mass is 16.2. The Kier molecular flexibility index (Phi) is 6.00. The molecule has 0 spiro atoms. The van der Waals surface area contributed by atoms with Crippen LogP contribution in [-0.4, -0.2) is 54.0 Å². The van der Waals surface area contributed by atoms with Crippen molar-refractivity contribution in [3.8, 4) is 0 Å². The van der Waals surface area contributed by atoms with Gasteiger partial charge in [0.25, 0.3) is 0 Å². The molecule has 1 amide bonds. The van der Waals surface area contributed by atoms with Crippen LogP contribution in [0.1, 0.15) is 57.9 Å². The molecule has 2 heterocycles. The van der Waals surface area contributed by atoms with Crippen LogP contribution in [0.3, 0.4) is 0 Å². The van der Waals surface area contributed by atoms with E-state index in [9.17, 15) is 4.79 Å². The van der Waals surface area contributed by atoms with E-state index in [1.54, 1.807) is 6.92 Å². The number of anilines is 1. The number of hydrogen-bond acceptors (Lipinski definition) is 3. The van der Waals surface area contributed by atoms with Crippen LogP contribution in [0.15, 0.2) is 24.3 Å². The van der Waals surface area contributed by atoms with Crippen LogP contribution in [0.2, 0.25) is 0 Å². The maximum absolute atomic E-state index is 11.5. The van der Waals surface area contributed by atoms with Gasteiger partial charge in [0, 0.05) is 44.3 Å². The summed E-state index contributed by atoms with van der Waals surface area (Å²) in [7, 11) is 0. The van der Waals surface area contributed by atoms with Crippen molar-refractivity contribution in [3.05, 3.63) is 29.8 Å². The molecule has 0 aliphatic carbocycles. The molecule has 4 heteroatoms. The van der Waals surface area contributed by atoms with Crippen molar-refractivity contribution in [2.24, 2.45) is 0 Å². The van der Waals surface area contributed by atoms with Gasteiger partial charge in [0.15, 0.2) is 0 Å². The smallest absolute Gasteiger partial charge is 0.219 e. The van der Waals surface area contributed by atoms with Crippen LogP contribution in [0.5, 0.6) is 0 Å². The average Bonchev–Trinajstić information content (AvgIpc) is 2.62. The van der Waals surface area contributed by atoms with E-state index in [1.807, 2.05) is 4.90 Å². The summed E-state index contributed by atoms with van der Waals surface area (Å²) < 4.78 is 0. The predicted molar refractivity (Wildman–Crippen MR) is 104 cm³/mol. The Morgan fingerprint density at radius 3 is 2.36 bits per heavy atom. The van der Waals surface area contributed by atoms with Gasteiger partial charge in [-0.3, -0.25) is 9.69 Å². The first-order valence-electron chi connectivity index (χ1n) is 9.89. The van der Waals surface area contributed by atoms with Crippen molar-refractivity contribution in [3.63, 3.8) is 0 Å². The number of nitrogens with one attached hydrogen (secondary N) is 1. The molecule has 1 unspecified atom stereocenters.